The van der Waals surface area contributed by atoms with E-state index in [-0.39, 0.29) is 11.8 Å². The van der Waals surface area contributed by atoms with Gasteiger partial charge in [0.2, 0.25) is 5.91 Å². The van der Waals surface area contributed by atoms with Crippen molar-refractivity contribution >= 4 is 11.9 Å². The van der Waals surface area contributed by atoms with Crippen molar-refractivity contribution in [2.75, 3.05) is 13.1 Å². The molecular weight excluding hydrogens is 242 g/mol. The first kappa shape index (κ1) is 14.4. The molecule has 0 radical (unpaired) electrons. The normalized spacial score (nSPS) is 36.0. The van der Waals surface area contributed by atoms with Gasteiger partial charge in [0.05, 0.1) is 5.41 Å². The van der Waals surface area contributed by atoms with Gasteiger partial charge in [-0.05, 0) is 51.4 Å². The fraction of sp³-hybridized carbons (Fsp3) is 0.867. The van der Waals surface area contributed by atoms with Crippen LogP contribution in [-0.4, -0.2) is 35.0 Å². The van der Waals surface area contributed by atoms with Crippen molar-refractivity contribution in [2.24, 2.45) is 17.3 Å². The number of hydrogen-bond acceptors (Lipinski definition) is 2. The predicted octanol–water partition coefficient (Wildman–Crippen LogP) is 2.53. The summed E-state index contributed by atoms with van der Waals surface area (Å²) >= 11 is 0. The molecule has 0 aromatic rings. The average molecular weight is 267 g/mol. The average Bonchev–Trinajstić information content (AvgIpc) is 2.39. The molecule has 1 aliphatic heterocycles. The van der Waals surface area contributed by atoms with E-state index in [0.717, 1.165) is 44.6 Å². The molecule has 1 unspecified atom stereocenters. The minimum Gasteiger partial charge on any atom is -0.481 e. The van der Waals surface area contributed by atoms with Gasteiger partial charge < -0.3 is 10.0 Å². The number of carbonyl (C=O) groups is 2. The molecule has 4 nitrogen and oxygen atoms in total. The molecule has 19 heavy (non-hydrogen) atoms. The highest BCUT2D eigenvalue weighted by atomic mass is 16.4. The van der Waals surface area contributed by atoms with Gasteiger partial charge >= 0.3 is 5.97 Å². The van der Waals surface area contributed by atoms with Crippen LogP contribution in [0.5, 0.6) is 0 Å². The number of rotatable bonds is 2. The molecular formula is C15H25NO3. The van der Waals surface area contributed by atoms with Crippen molar-refractivity contribution in [3.05, 3.63) is 0 Å². The summed E-state index contributed by atoms with van der Waals surface area (Å²) in [5, 5.41) is 9.30. The topological polar surface area (TPSA) is 57.6 Å². The van der Waals surface area contributed by atoms with Crippen LogP contribution in [0.3, 0.4) is 0 Å². The van der Waals surface area contributed by atoms with E-state index in [0.29, 0.717) is 13.0 Å². The number of likely N-dealkylation sites (tertiary alicyclic amines) is 1. The SMILES string of the molecule is CC1CCC(C(=O)N2CCCC(C)(C(=O)O)C2)CC1. The van der Waals surface area contributed by atoms with E-state index >= 15 is 0 Å². The lowest BCUT2D eigenvalue weighted by molar-refractivity contribution is -0.154. The van der Waals surface area contributed by atoms with E-state index < -0.39 is 11.4 Å². The van der Waals surface area contributed by atoms with E-state index in [1.54, 1.807) is 11.8 Å². The molecule has 1 saturated carbocycles. The zero-order valence-corrected chi connectivity index (χ0v) is 12.0. The Kier molecular flexibility index (Phi) is 4.16. The van der Waals surface area contributed by atoms with Crippen LogP contribution in [0.15, 0.2) is 0 Å². The molecule has 1 heterocycles. The maximum Gasteiger partial charge on any atom is 0.311 e. The van der Waals surface area contributed by atoms with Gasteiger partial charge in [-0.2, -0.15) is 0 Å². The molecule has 0 aromatic carbocycles. The van der Waals surface area contributed by atoms with Gasteiger partial charge in [-0.3, -0.25) is 9.59 Å². The van der Waals surface area contributed by atoms with Crippen LogP contribution >= 0.6 is 0 Å². The highest BCUT2D eigenvalue weighted by molar-refractivity contribution is 5.81. The Morgan fingerprint density at radius 1 is 1.21 bits per heavy atom. The van der Waals surface area contributed by atoms with E-state index in [2.05, 4.69) is 6.92 Å². The second-order valence-corrected chi connectivity index (χ2v) is 6.69. The van der Waals surface area contributed by atoms with E-state index in [1.165, 1.54) is 0 Å². The molecule has 2 fully saturated rings. The Balaban J connectivity index is 1.97. The molecule has 2 aliphatic rings. The first-order valence-corrected chi connectivity index (χ1v) is 7.44. The van der Waals surface area contributed by atoms with Crippen LogP contribution in [0, 0.1) is 17.3 Å². The lowest BCUT2D eigenvalue weighted by Crippen LogP contribution is -2.50. The summed E-state index contributed by atoms with van der Waals surface area (Å²) < 4.78 is 0. The monoisotopic (exact) mass is 267 g/mol. The highest BCUT2D eigenvalue weighted by Gasteiger charge is 2.40. The molecule has 1 amide bonds. The zero-order chi connectivity index (χ0) is 14.0. The van der Waals surface area contributed by atoms with Gasteiger partial charge in [0.25, 0.3) is 0 Å². The van der Waals surface area contributed by atoms with Crippen LogP contribution in [0.4, 0.5) is 0 Å². The van der Waals surface area contributed by atoms with E-state index in [1.807, 2.05) is 0 Å². The number of carboxylic acid groups (broad SMARTS) is 1. The lowest BCUT2D eigenvalue weighted by Gasteiger charge is -2.40. The predicted molar refractivity (Wildman–Crippen MR) is 72.7 cm³/mol. The van der Waals surface area contributed by atoms with Crippen LogP contribution in [0.25, 0.3) is 0 Å². The Hall–Kier alpha value is -1.06. The summed E-state index contributed by atoms with van der Waals surface area (Å²) in [5.41, 5.74) is -0.754. The number of piperidine rings is 1. The Bertz CT molecular complexity index is 360. The summed E-state index contributed by atoms with van der Waals surface area (Å²) in [6.45, 7) is 5.11. The molecule has 1 aliphatic carbocycles. The van der Waals surface area contributed by atoms with Crippen molar-refractivity contribution in [3.63, 3.8) is 0 Å². The molecule has 0 bridgehead atoms. The van der Waals surface area contributed by atoms with Crippen LogP contribution < -0.4 is 0 Å². The molecule has 108 valence electrons. The van der Waals surface area contributed by atoms with Gasteiger partial charge in [-0.1, -0.05) is 6.92 Å². The van der Waals surface area contributed by atoms with Crippen LogP contribution in [0.1, 0.15) is 52.4 Å². The number of hydrogen-bond donors (Lipinski definition) is 1. The Morgan fingerprint density at radius 2 is 1.84 bits per heavy atom. The Labute approximate surface area is 115 Å². The van der Waals surface area contributed by atoms with E-state index in [4.69, 9.17) is 0 Å². The second-order valence-electron chi connectivity index (χ2n) is 6.69. The maximum atomic E-state index is 12.5. The smallest absolute Gasteiger partial charge is 0.311 e. The molecule has 1 saturated heterocycles. The number of nitrogens with zero attached hydrogens (tertiary/aromatic N) is 1. The zero-order valence-electron chi connectivity index (χ0n) is 12.0. The van der Waals surface area contributed by atoms with Crippen molar-refractivity contribution in [2.45, 2.75) is 52.4 Å². The van der Waals surface area contributed by atoms with Crippen LogP contribution in [-0.2, 0) is 9.59 Å². The second kappa shape index (κ2) is 5.51. The fourth-order valence-corrected chi connectivity index (χ4v) is 3.37. The van der Waals surface area contributed by atoms with Crippen molar-refractivity contribution in [3.8, 4) is 0 Å². The summed E-state index contributed by atoms with van der Waals surface area (Å²) in [5.74, 6) is 0.281. The third-order valence-electron chi connectivity index (χ3n) is 4.89. The van der Waals surface area contributed by atoms with Gasteiger partial charge in [0, 0.05) is 19.0 Å². The van der Waals surface area contributed by atoms with Crippen molar-refractivity contribution in [1.29, 1.82) is 0 Å². The highest BCUT2D eigenvalue weighted by Crippen LogP contribution is 2.34. The first-order chi connectivity index (χ1) is 8.92. The summed E-state index contributed by atoms with van der Waals surface area (Å²) in [4.78, 5) is 25.6. The molecule has 2 rings (SSSR count). The summed E-state index contributed by atoms with van der Waals surface area (Å²) in [6.07, 6.45) is 5.67. The van der Waals surface area contributed by atoms with Gasteiger partial charge in [0.15, 0.2) is 0 Å². The number of amides is 1. The van der Waals surface area contributed by atoms with Gasteiger partial charge in [0.1, 0.15) is 0 Å². The summed E-state index contributed by atoms with van der Waals surface area (Å²) in [7, 11) is 0. The standard InChI is InChI=1S/C15H25NO3/c1-11-4-6-12(7-5-11)13(17)16-9-3-8-15(2,10-16)14(18)19/h11-12H,3-10H2,1-2H3,(H,18,19). The molecule has 1 N–H and O–H groups in total. The Morgan fingerprint density at radius 3 is 2.42 bits per heavy atom. The molecule has 1 atom stereocenters. The minimum atomic E-state index is -0.776. The van der Waals surface area contributed by atoms with E-state index in [9.17, 15) is 14.7 Å². The van der Waals surface area contributed by atoms with Gasteiger partial charge in [-0.25, -0.2) is 0 Å². The van der Waals surface area contributed by atoms with Gasteiger partial charge in [-0.15, -0.1) is 0 Å². The fourth-order valence-electron chi connectivity index (χ4n) is 3.37. The maximum absolute atomic E-state index is 12.5. The summed E-state index contributed by atoms with van der Waals surface area (Å²) in [6, 6.07) is 0. The largest absolute Gasteiger partial charge is 0.481 e. The third-order valence-corrected chi connectivity index (χ3v) is 4.89. The third kappa shape index (κ3) is 3.10. The number of carbonyl (C=O) groups excluding carboxylic acids is 1. The van der Waals surface area contributed by atoms with Crippen LogP contribution in [0.2, 0.25) is 0 Å². The number of carboxylic acids is 1. The number of aliphatic carboxylic acids is 1. The quantitative estimate of drug-likeness (QED) is 0.836. The lowest BCUT2D eigenvalue weighted by atomic mass is 9.79. The van der Waals surface area contributed by atoms with Crippen molar-refractivity contribution in [1.82, 2.24) is 4.90 Å². The minimum absolute atomic E-state index is 0.132. The molecule has 0 aromatic heterocycles. The first-order valence-electron chi connectivity index (χ1n) is 7.44. The molecule has 0 spiro atoms. The van der Waals surface area contributed by atoms with Crippen molar-refractivity contribution < 1.29 is 14.7 Å². The molecule has 4 heteroatoms.